The van der Waals surface area contributed by atoms with Crippen molar-refractivity contribution < 1.29 is 23.5 Å². The van der Waals surface area contributed by atoms with Crippen LogP contribution in [0.3, 0.4) is 0 Å². The Kier molecular flexibility index (Phi) is 5.14. The van der Waals surface area contributed by atoms with Crippen molar-refractivity contribution in [1.29, 1.82) is 0 Å². The summed E-state index contributed by atoms with van der Waals surface area (Å²) in [5, 5.41) is 2.81. The molecule has 2 aliphatic rings. The number of hydrogen-bond donors (Lipinski definition) is 1. The van der Waals surface area contributed by atoms with Crippen molar-refractivity contribution in [3.05, 3.63) is 53.8 Å². The topological polar surface area (TPSA) is 67.9 Å². The minimum absolute atomic E-state index is 0.106. The van der Waals surface area contributed by atoms with E-state index in [9.17, 15) is 14.0 Å². The molecule has 2 aromatic rings. The minimum atomic E-state index is -0.429. The molecule has 0 aliphatic carbocycles. The predicted octanol–water partition coefficient (Wildman–Crippen LogP) is 2.31. The third kappa shape index (κ3) is 3.78. The molecule has 7 heteroatoms. The number of carbonyl (C=O) groups excluding carboxylic acids is 2. The number of hydrogen-bond acceptors (Lipinski definition) is 4. The van der Waals surface area contributed by atoms with Gasteiger partial charge in [-0.15, -0.1) is 0 Å². The van der Waals surface area contributed by atoms with Crippen LogP contribution >= 0.6 is 0 Å². The van der Waals surface area contributed by atoms with E-state index < -0.39 is 5.92 Å². The number of nitrogens with one attached hydrogen (secondary N) is 1. The van der Waals surface area contributed by atoms with Crippen molar-refractivity contribution in [3.8, 4) is 11.5 Å². The highest BCUT2D eigenvalue weighted by atomic mass is 19.1. The Morgan fingerprint density at radius 1 is 1.14 bits per heavy atom. The zero-order valence-electron chi connectivity index (χ0n) is 15.3. The number of halogens is 1. The summed E-state index contributed by atoms with van der Waals surface area (Å²) < 4.78 is 24.7. The lowest BCUT2D eigenvalue weighted by atomic mass is 10.1. The van der Waals surface area contributed by atoms with Gasteiger partial charge in [0.2, 0.25) is 11.8 Å². The fourth-order valence-electron chi connectivity index (χ4n) is 3.50. The number of anilines is 1. The molecule has 0 bridgehead atoms. The van der Waals surface area contributed by atoms with Gasteiger partial charge in [0.05, 0.1) is 5.92 Å². The summed E-state index contributed by atoms with van der Waals surface area (Å²) in [6, 6.07) is 11.8. The van der Waals surface area contributed by atoms with Gasteiger partial charge in [-0.2, -0.15) is 0 Å². The second-order valence-electron chi connectivity index (χ2n) is 6.87. The van der Waals surface area contributed by atoms with E-state index in [-0.39, 0.29) is 24.1 Å². The Morgan fingerprint density at radius 3 is 2.75 bits per heavy atom. The molecule has 1 saturated heterocycles. The molecule has 2 aromatic carbocycles. The van der Waals surface area contributed by atoms with Crippen LogP contribution in [0.2, 0.25) is 0 Å². The monoisotopic (exact) mass is 384 g/mol. The smallest absolute Gasteiger partial charge is 0.227 e. The first-order valence-corrected chi connectivity index (χ1v) is 9.33. The van der Waals surface area contributed by atoms with Crippen LogP contribution in [0.1, 0.15) is 12.0 Å². The van der Waals surface area contributed by atoms with Gasteiger partial charge in [0.1, 0.15) is 19.0 Å². The number of carbonyl (C=O) groups is 2. The fourth-order valence-corrected chi connectivity index (χ4v) is 3.50. The van der Waals surface area contributed by atoms with Crippen molar-refractivity contribution in [2.24, 2.45) is 5.92 Å². The van der Waals surface area contributed by atoms with Crippen LogP contribution in [-0.4, -0.2) is 38.1 Å². The molecule has 1 atom stereocenters. The predicted molar refractivity (Wildman–Crippen MR) is 101 cm³/mol. The number of benzene rings is 2. The molecule has 6 nitrogen and oxygen atoms in total. The summed E-state index contributed by atoms with van der Waals surface area (Å²) in [5.41, 5.74) is 1.25. The number of nitrogens with zero attached hydrogens (tertiary/aromatic N) is 1. The highest BCUT2D eigenvalue weighted by Crippen LogP contribution is 2.35. The Bertz CT molecular complexity index is 902. The molecular weight excluding hydrogens is 363 g/mol. The summed E-state index contributed by atoms with van der Waals surface area (Å²) in [5.74, 6) is 0.257. The van der Waals surface area contributed by atoms with Gasteiger partial charge in [0.25, 0.3) is 0 Å². The molecule has 1 fully saturated rings. The third-order valence-electron chi connectivity index (χ3n) is 4.98. The Hall–Kier alpha value is -3.09. The van der Waals surface area contributed by atoms with E-state index in [4.69, 9.17) is 9.47 Å². The lowest BCUT2D eigenvalue weighted by Gasteiger charge is -2.22. The van der Waals surface area contributed by atoms with Crippen LogP contribution in [0.5, 0.6) is 11.5 Å². The van der Waals surface area contributed by atoms with Crippen molar-refractivity contribution in [2.45, 2.75) is 12.8 Å². The first-order valence-electron chi connectivity index (χ1n) is 9.33. The van der Waals surface area contributed by atoms with Gasteiger partial charge in [-0.05, 0) is 30.2 Å². The highest BCUT2D eigenvalue weighted by molar-refractivity contribution is 6.00. The molecule has 2 aliphatic heterocycles. The standard InChI is InChI=1S/C21H21FN2O4/c22-17-4-2-1-3-14(17)7-8-23-21(26)15-11-20(25)24(13-15)16-5-6-18-19(12-16)28-10-9-27-18/h1-6,12,15H,7-11,13H2,(H,23,26). The summed E-state index contributed by atoms with van der Waals surface area (Å²) in [4.78, 5) is 26.5. The molecular formula is C21H21FN2O4. The Labute approximate surface area is 162 Å². The molecule has 2 amide bonds. The molecule has 2 heterocycles. The number of ether oxygens (including phenoxy) is 2. The van der Waals surface area contributed by atoms with Crippen LogP contribution in [0, 0.1) is 11.7 Å². The quantitative estimate of drug-likeness (QED) is 0.859. The molecule has 1 unspecified atom stereocenters. The second-order valence-corrected chi connectivity index (χ2v) is 6.87. The van der Waals surface area contributed by atoms with Gasteiger partial charge in [-0.1, -0.05) is 18.2 Å². The lowest BCUT2D eigenvalue weighted by molar-refractivity contribution is -0.126. The molecule has 0 spiro atoms. The van der Waals surface area contributed by atoms with Crippen LogP contribution in [0.25, 0.3) is 0 Å². The van der Waals surface area contributed by atoms with E-state index in [0.29, 0.717) is 55.5 Å². The summed E-state index contributed by atoms with van der Waals surface area (Å²) in [6.07, 6.45) is 0.560. The fraction of sp³-hybridized carbons (Fsp3) is 0.333. The van der Waals surface area contributed by atoms with Gasteiger partial charge >= 0.3 is 0 Å². The van der Waals surface area contributed by atoms with Gasteiger partial charge < -0.3 is 19.7 Å². The van der Waals surface area contributed by atoms with E-state index in [2.05, 4.69) is 5.32 Å². The van der Waals surface area contributed by atoms with E-state index >= 15 is 0 Å². The molecule has 146 valence electrons. The summed E-state index contributed by atoms with van der Waals surface area (Å²) in [7, 11) is 0. The lowest BCUT2D eigenvalue weighted by Crippen LogP contribution is -2.34. The zero-order valence-corrected chi connectivity index (χ0v) is 15.3. The van der Waals surface area contributed by atoms with E-state index in [0.717, 1.165) is 0 Å². The van der Waals surface area contributed by atoms with Crippen LogP contribution in [0.4, 0.5) is 10.1 Å². The third-order valence-corrected chi connectivity index (χ3v) is 4.98. The second kappa shape index (κ2) is 7.88. The SMILES string of the molecule is O=C(NCCc1ccccc1F)C1CC(=O)N(c2ccc3c(c2)OCCO3)C1. The van der Waals surface area contributed by atoms with Gasteiger partial charge in [0.15, 0.2) is 11.5 Å². The maximum Gasteiger partial charge on any atom is 0.227 e. The molecule has 1 N–H and O–H groups in total. The van der Waals surface area contributed by atoms with Crippen molar-refractivity contribution >= 4 is 17.5 Å². The number of fused-ring (bicyclic) bond motifs is 1. The maximum absolute atomic E-state index is 13.6. The van der Waals surface area contributed by atoms with E-state index in [1.165, 1.54) is 6.07 Å². The Morgan fingerprint density at radius 2 is 1.93 bits per heavy atom. The number of amides is 2. The first kappa shape index (κ1) is 18.3. The maximum atomic E-state index is 13.6. The van der Waals surface area contributed by atoms with Crippen molar-refractivity contribution in [1.82, 2.24) is 5.32 Å². The van der Waals surface area contributed by atoms with Crippen LogP contribution in [0.15, 0.2) is 42.5 Å². The molecule has 28 heavy (non-hydrogen) atoms. The van der Waals surface area contributed by atoms with Crippen LogP contribution < -0.4 is 19.7 Å². The average Bonchev–Trinajstić information content (AvgIpc) is 3.11. The van der Waals surface area contributed by atoms with Crippen LogP contribution in [-0.2, 0) is 16.0 Å². The van der Waals surface area contributed by atoms with E-state index in [1.54, 1.807) is 41.3 Å². The van der Waals surface area contributed by atoms with Crippen molar-refractivity contribution in [3.63, 3.8) is 0 Å². The summed E-state index contributed by atoms with van der Waals surface area (Å²) in [6.45, 7) is 1.61. The molecule has 0 aromatic heterocycles. The molecule has 0 saturated carbocycles. The Balaban J connectivity index is 1.35. The molecule has 0 radical (unpaired) electrons. The number of rotatable bonds is 5. The zero-order chi connectivity index (χ0) is 19.5. The summed E-state index contributed by atoms with van der Waals surface area (Å²) >= 11 is 0. The van der Waals surface area contributed by atoms with Crippen molar-refractivity contribution in [2.75, 3.05) is 31.2 Å². The molecule has 4 rings (SSSR count). The normalized spacial score (nSPS) is 18.2. The van der Waals surface area contributed by atoms with Gasteiger partial charge in [-0.25, -0.2) is 4.39 Å². The highest BCUT2D eigenvalue weighted by Gasteiger charge is 2.35. The van der Waals surface area contributed by atoms with Gasteiger partial charge in [0, 0.05) is 31.3 Å². The largest absolute Gasteiger partial charge is 0.486 e. The minimum Gasteiger partial charge on any atom is -0.486 e. The first-order chi connectivity index (χ1) is 13.6. The van der Waals surface area contributed by atoms with E-state index in [1.807, 2.05) is 0 Å². The average molecular weight is 384 g/mol. The van der Waals surface area contributed by atoms with Gasteiger partial charge in [-0.3, -0.25) is 9.59 Å².